The number of aromatic nitrogens is 6. The van der Waals surface area contributed by atoms with Gasteiger partial charge in [-0.2, -0.15) is 15.0 Å². The van der Waals surface area contributed by atoms with Gasteiger partial charge in [0.25, 0.3) is 5.91 Å². The first-order valence-electron chi connectivity index (χ1n) is 10.4. The summed E-state index contributed by atoms with van der Waals surface area (Å²) in [5.41, 5.74) is 3.59. The monoisotopic (exact) mass is 433 g/mol. The summed E-state index contributed by atoms with van der Waals surface area (Å²) in [6, 6.07) is 11.6. The third-order valence-corrected chi connectivity index (χ3v) is 5.28. The number of nitrogens with zero attached hydrogens (tertiary/aromatic N) is 7. The van der Waals surface area contributed by atoms with Crippen molar-refractivity contribution < 1.29 is 9.18 Å². The minimum absolute atomic E-state index is 0.102. The standard InChI is InChI=1S/C23H24FN7O/c1-4-30(23(32)20-13-16(2)5-10-22(20)31-25-11-12-26-31)17(3)14-29-15-21(27-28-29)18-6-8-19(24)9-7-18/h5-13,15,17H,4,14H2,1-3H3/t17-/m0/s1. The molecular formula is C23H24FN7O. The van der Waals surface area contributed by atoms with Gasteiger partial charge in [-0.25, -0.2) is 9.07 Å². The molecule has 0 spiro atoms. The van der Waals surface area contributed by atoms with Crippen LogP contribution in [0.3, 0.4) is 0 Å². The summed E-state index contributed by atoms with van der Waals surface area (Å²) in [4.78, 5) is 16.8. The molecule has 0 radical (unpaired) electrons. The zero-order chi connectivity index (χ0) is 22.7. The van der Waals surface area contributed by atoms with E-state index in [0.29, 0.717) is 30.0 Å². The molecule has 4 aromatic rings. The highest BCUT2D eigenvalue weighted by Crippen LogP contribution is 2.20. The summed E-state index contributed by atoms with van der Waals surface area (Å²) in [5, 5.41) is 16.7. The molecule has 0 saturated heterocycles. The highest BCUT2D eigenvalue weighted by molar-refractivity contribution is 5.98. The lowest BCUT2D eigenvalue weighted by molar-refractivity contribution is 0.0684. The van der Waals surface area contributed by atoms with Gasteiger partial charge in [0.1, 0.15) is 11.5 Å². The van der Waals surface area contributed by atoms with E-state index >= 15 is 0 Å². The minimum Gasteiger partial charge on any atom is -0.334 e. The van der Waals surface area contributed by atoms with E-state index in [1.54, 1.807) is 40.3 Å². The molecule has 0 N–H and O–H groups in total. The summed E-state index contributed by atoms with van der Waals surface area (Å²) >= 11 is 0. The molecule has 0 bridgehead atoms. The van der Waals surface area contributed by atoms with Crippen LogP contribution in [0.15, 0.2) is 61.1 Å². The van der Waals surface area contributed by atoms with Crippen molar-refractivity contribution >= 4 is 5.91 Å². The number of aryl methyl sites for hydroxylation is 1. The topological polar surface area (TPSA) is 81.7 Å². The molecule has 0 saturated carbocycles. The molecular weight excluding hydrogens is 409 g/mol. The largest absolute Gasteiger partial charge is 0.334 e. The second-order valence-corrected chi connectivity index (χ2v) is 7.61. The molecule has 0 aliphatic heterocycles. The quantitative estimate of drug-likeness (QED) is 0.445. The van der Waals surface area contributed by atoms with Gasteiger partial charge >= 0.3 is 0 Å². The van der Waals surface area contributed by atoms with E-state index in [1.807, 2.05) is 39.0 Å². The molecule has 0 aliphatic carbocycles. The molecule has 2 aromatic carbocycles. The molecule has 9 heteroatoms. The number of carbonyl (C=O) groups is 1. The Morgan fingerprint density at radius 2 is 1.84 bits per heavy atom. The maximum atomic E-state index is 13.5. The van der Waals surface area contributed by atoms with Crippen LogP contribution in [0.5, 0.6) is 0 Å². The van der Waals surface area contributed by atoms with E-state index in [2.05, 4.69) is 20.5 Å². The molecule has 2 aromatic heterocycles. The second kappa shape index (κ2) is 9.09. The number of halogens is 1. The van der Waals surface area contributed by atoms with E-state index < -0.39 is 0 Å². The summed E-state index contributed by atoms with van der Waals surface area (Å²) in [6.45, 7) is 6.86. The van der Waals surface area contributed by atoms with Crippen LogP contribution in [0.2, 0.25) is 0 Å². The Bertz CT molecular complexity index is 1200. The van der Waals surface area contributed by atoms with Gasteiger partial charge in [-0.1, -0.05) is 16.8 Å². The number of hydrogen-bond donors (Lipinski definition) is 0. The Balaban J connectivity index is 1.55. The van der Waals surface area contributed by atoms with E-state index in [0.717, 1.165) is 11.1 Å². The van der Waals surface area contributed by atoms with Crippen molar-refractivity contribution in [3.05, 3.63) is 78.0 Å². The molecule has 1 atom stereocenters. The summed E-state index contributed by atoms with van der Waals surface area (Å²) in [6.07, 6.45) is 4.96. The molecule has 1 amide bonds. The van der Waals surface area contributed by atoms with Crippen LogP contribution in [0.25, 0.3) is 16.9 Å². The van der Waals surface area contributed by atoms with Crippen LogP contribution in [-0.4, -0.2) is 53.4 Å². The fourth-order valence-corrected chi connectivity index (χ4v) is 3.66. The van der Waals surface area contributed by atoms with Gasteiger partial charge in [0.15, 0.2) is 0 Å². The maximum absolute atomic E-state index is 13.5. The van der Waals surface area contributed by atoms with Crippen molar-refractivity contribution in [3.63, 3.8) is 0 Å². The number of carbonyl (C=O) groups excluding carboxylic acids is 1. The number of amides is 1. The fourth-order valence-electron chi connectivity index (χ4n) is 3.66. The maximum Gasteiger partial charge on any atom is 0.256 e. The van der Waals surface area contributed by atoms with Crippen molar-refractivity contribution in [2.24, 2.45) is 0 Å². The average molecular weight is 433 g/mol. The lowest BCUT2D eigenvalue weighted by Crippen LogP contribution is -2.41. The van der Waals surface area contributed by atoms with Crippen LogP contribution in [-0.2, 0) is 6.54 Å². The summed E-state index contributed by atoms with van der Waals surface area (Å²) < 4.78 is 14.9. The third kappa shape index (κ3) is 4.41. The number of benzene rings is 2. The molecule has 164 valence electrons. The number of likely N-dealkylation sites (N-methyl/N-ethyl adjacent to an activating group) is 1. The van der Waals surface area contributed by atoms with Crippen LogP contribution in [0.4, 0.5) is 4.39 Å². The first-order chi connectivity index (χ1) is 15.5. The van der Waals surface area contributed by atoms with Crippen molar-refractivity contribution in [2.45, 2.75) is 33.4 Å². The predicted molar refractivity (Wildman–Crippen MR) is 118 cm³/mol. The van der Waals surface area contributed by atoms with Crippen molar-refractivity contribution in [1.29, 1.82) is 0 Å². The van der Waals surface area contributed by atoms with Crippen LogP contribution < -0.4 is 0 Å². The molecule has 4 rings (SSSR count). The van der Waals surface area contributed by atoms with Gasteiger partial charge in [-0.3, -0.25) is 4.79 Å². The van der Waals surface area contributed by atoms with Crippen LogP contribution in [0.1, 0.15) is 29.8 Å². The number of hydrogen-bond acceptors (Lipinski definition) is 5. The van der Waals surface area contributed by atoms with E-state index in [9.17, 15) is 9.18 Å². The molecule has 8 nitrogen and oxygen atoms in total. The van der Waals surface area contributed by atoms with E-state index in [-0.39, 0.29) is 17.8 Å². The Labute approximate surface area is 185 Å². The van der Waals surface area contributed by atoms with E-state index in [1.165, 1.54) is 16.9 Å². The van der Waals surface area contributed by atoms with Crippen molar-refractivity contribution in [3.8, 4) is 16.9 Å². The Morgan fingerprint density at radius 1 is 1.12 bits per heavy atom. The molecule has 0 unspecified atom stereocenters. The Hall–Kier alpha value is -3.88. The minimum atomic E-state index is -0.298. The summed E-state index contributed by atoms with van der Waals surface area (Å²) in [5.74, 6) is -0.400. The summed E-state index contributed by atoms with van der Waals surface area (Å²) in [7, 11) is 0. The van der Waals surface area contributed by atoms with Gasteiger partial charge in [-0.05, 0) is 57.2 Å². The first-order valence-corrected chi connectivity index (χ1v) is 10.4. The van der Waals surface area contributed by atoms with Crippen LogP contribution >= 0.6 is 0 Å². The highest BCUT2D eigenvalue weighted by Gasteiger charge is 2.24. The van der Waals surface area contributed by atoms with Gasteiger partial charge < -0.3 is 4.90 Å². The SMILES string of the molecule is CCN(C(=O)c1cc(C)ccc1-n1nccn1)[C@@H](C)Cn1cc(-c2ccc(F)cc2)nn1. The number of rotatable bonds is 7. The zero-order valence-electron chi connectivity index (χ0n) is 18.2. The molecule has 0 aliphatic rings. The lowest BCUT2D eigenvalue weighted by Gasteiger charge is -2.28. The second-order valence-electron chi connectivity index (χ2n) is 7.61. The van der Waals surface area contributed by atoms with E-state index in [4.69, 9.17) is 0 Å². The Morgan fingerprint density at radius 3 is 2.53 bits per heavy atom. The van der Waals surface area contributed by atoms with Crippen molar-refractivity contribution in [2.75, 3.05) is 6.54 Å². The first kappa shape index (κ1) is 21.4. The Kier molecular flexibility index (Phi) is 6.07. The predicted octanol–water partition coefficient (Wildman–Crippen LogP) is 3.52. The van der Waals surface area contributed by atoms with Gasteiger partial charge in [0.2, 0.25) is 0 Å². The lowest BCUT2D eigenvalue weighted by atomic mass is 10.1. The smallest absolute Gasteiger partial charge is 0.256 e. The van der Waals surface area contributed by atoms with Gasteiger partial charge in [-0.15, -0.1) is 5.10 Å². The third-order valence-electron chi connectivity index (χ3n) is 5.28. The fraction of sp³-hybridized carbons (Fsp3) is 0.261. The van der Waals surface area contributed by atoms with Gasteiger partial charge in [0.05, 0.1) is 36.4 Å². The zero-order valence-corrected chi connectivity index (χ0v) is 18.2. The average Bonchev–Trinajstić information content (AvgIpc) is 3.47. The normalized spacial score (nSPS) is 12.0. The van der Waals surface area contributed by atoms with Gasteiger partial charge in [0, 0.05) is 18.2 Å². The van der Waals surface area contributed by atoms with Crippen LogP contribution in [0, 0.1) is 12.7 Å². The molecule has 0 fully saturated rings. The van der Waals surface area contributed by atoms with Crippen molar-refractivity contribution in [1.82, 2.24) is 34.9 Å². The highest BCUT2D eigenvalue weighted by atomic mass is 19.1. The molecule has 32 heavy (non-hydrogen) atoms. The molecule has 2 heterocycles.